The summed E-state index contributed by atoms with van der Waals surface area (Å²) in [5.41, 5.74) is -1.34. The van der Waals surface area contributed by atoms with E-state index in [-0.39, 0.29) is 11.3 Å². The summed E-state index contributed by atoms with van der Waals surface area (Å²) < 4.78 is 53.5. The highest BCUT2D eigenvalue weighted by Crippen LogP contribution is 2.35. The van der Waals surface area contributed by atoms with Crippen LogP contribution < -0.4 is 15.1 Å². The van der Waals surface area contributed by atoms with Gasteiger partial charge in [-0.05, 0) is 30.3 Å². The monoisotopic (exact) mass is 364 g/mol. The molecule has 0 fully saturated rings. The van der Waals surface area contributed by atoms with Crippen LogP contribution in [0.2, 0.25) is 0 Å². The Bertz CT molecular complexity index is 1010. The number of carbonyl (C=O) groups excluding carboxylic acids is 1. The van der Waals surface area contributed by atoms with Gasteiger partial charge in [0.2, 0.25) is 0 Å². The zero-order valence-electron chi connectivity index (χ0n) is 13.1. The molecule has 3 aromatic rings. The molecular formula is C18H11F3O5. The Labute approximate surface area is 144 Å². The molecule has 0 bridgehead atoms. The van der Waals surface area contributed by atoms with Crippen LogP contribution in [-0.4, -0.2) is 12.6 Å². The molecule has 5 nitrogen and oxygen atoms in total. The molecule has 0 unspecified atom stereocenters. The number of esters is 1. The van der Waals surface area contributed by atoms with E-state index in [2.05, 4.69) is 0 Å². The van der Waals surface area contributed by atoms with Crippen molar-refractivity contribution in [2.75, 3.05) is 6.61 Å². The second kappa shape index (κ2) is 6.91. The second-order valence-electron chi connectivity index (χ2n) is 5.21. The van der Waals surface area contributed by atoms with Crippen molar-refractivity contribution in [2.45, 2.75) is 6.18 Å². The van der Waals surface area contributed by atoms with Gasteiger partial charge in [-0.25, -0.2) is 9.59 Å². The topological polar surface area (TPSA) is 65.7 Å². The highest BCUT2D eigenvalue weighted by Gasteiger charge is 2.34. The van der Waals surface area contributed by atoms with Gasteiger partial charge < -0.3 is 13.9 Å². The van der Waals surface area contributed by atoms with Crippen LogP contribution in [0.3, 0.4) is 0 Å². The number of ether oxygens (including phenoxy) is 2. The van der Waals surface area contributed by atoms with Crippen molar-refractivity contribution in [1.82, 2.24) is 0 Å². The molecule has 1 heterocycles. The van der Waals surface area contributed by atoms with Crippen LogP contribution in [0.5, 0.6) is 11.5 Å². The summed E-state index contributed by atoms with van der Waals surface area (Å²) in [5, 5.41) is 0.652. The van der Waals surface area contributed by atoms with Crippen molar-refractivity contribution in [1.29, 1.82) is 0 Å². The number of rotatable bonds is 4. The number of hydrogen-bond acceptors (Lipinski definition) is 5. The predicted molar refractivity (Wildman–Crippen MR) is 85.1 cm³/mol. The minimum absolute atomic E-state index is 0.202. The normalized spacial score (nSPS) is 11.3. The highest BCUT2D eigenvalue weighted by atomic mass is 19.4. The summed E-state index contributed by atoms with van der Waals surface area (Å²) in [4.78, 5) is 23.0. The largest absolute Gasteiger partial charge is 0.482 e. The average molecular weight is 364 g/mol. The summed E-state index contributed by atoms with van der Waals surface area (Å²) >= 11 is 0. The third kappa shape index (κ3) is 4.02. The van der Waals surface area contributed by atoms with Gasteiger partial charge in [-0.2, -0.15) is 13.2 Å². The number of benzene rings is 2. The van der Waals surface area contributed by atoms with Gasteiger partial charge in [0.15, 0.2) is 6.61 Å². The smallest absolute Gasteiger partial charge is 0.419 e. The molecule has 0 radical (unpaired) electrons. The summed E-state index contributed by atoms with van der Waals surface area (Å²) in [7, 11) is 0. The Balaban J connectivity index is 1.69. The number of alkyl halides is 3. The Morgan fingerprint density at radius 1 is 1.04 bits per heavy atom. The van der Waals surface area contributed by atoms with Gasteiger partial charge in [-0.15, -0.1) is 0 Å². The third-order valence-electron chi connectivity index (χ3n) is 3.37. The minimum atomic E-state index is -4.65. The summed E-state index contributed by atoms with van der Waals surface area (Å²) in [5.74, 6) is -1.40. The van der Waals surface area contributed by atoms with E-state index in [0.29, 0.717) is 5.39 Å². The van der Waals surface area contributed by atoms with E-state index in [4.69, 9.17) is 13.9 Å². The molecule has 0 aliphatic rings. The first-order chi connectivity index (χ1) is 12.3. The number of carbonyl (C=O) groups is 1. The average Bonchev–Trinajstić information content (AvgIpc) is 2.59. The fraction of sp³-hybridized carbons (Fsp3) is 0.111. The van der Waals surface area contributed by atoms with Crippen LogP contribution in [0.25, 0.3) is 11.0 Å². The number of hydrogen-bond donors (Lipinski definition) is 0. The SMILES string of the molecule is O=C(COc1ccc2ccc(=O)oc2c1)Oc1ccccc1C(F)(F)F. The molecule has 8 heteroatoms. The molecule has 0 amide bonds. The fourth-order valence-electron chi connectivity index (χ4n) is 2.21. The molecule has 2 aromatic carbocycles. The second-order valence-corrected chi connectivity index (χ2v) is 5.21. The van der Waals surface area contributed by atoms with Crippen LogP contribution in [0, 0.1) is 0 Å². The Hall–Kier alpha value is -3.29. The van der Waals surface area contributed by atoms with Crippen molar-refractivity contribution in [2.24, 2.45) is 0 Å². The third-order valence-corrected chi connectivity index (χ3v) is 3.37. The molecule has 0 aliphatic carbocycles. The number of halogens is 3. The van der Waals surface area contributed by atoms with Gasteiger partial charge in [-0.3, -0.25) is 0 Å². The van der Waals surface area contributed by atoms with Crippen molar-refractivity contribution < 1.29 is 31.9 Å². The first kappa shape index (κ1) is 17.5. The van der Waals surface area contributed by atoms with E-state index < -0.39 is 35.7 Å². The van der Waals surface area contributed by atoms with Gasteiger partial charge in [0.25, 0.3) is 0 Å². The lowest BCUT2D eigenvalue weighted by molar-refractivity contribution is -0.143. The van der Waals surface area contributed by atoms with Gasteiger partial charge in [0.1, 0.15) is 17.1 Å². The van der Waals surface area contributed by atoms with Crippen molar-refractivity contribution >= 4 is 16.9 Å². The van der Waals surface area contributed by atoms with Crippen LogP contribution in [0.4, 0.5) is 13.2 Å². The number of fused-ring (bicyclic) bond motifs is 1. The van der Waals surface area contributed by atoms with E-state index in [1.807, 2.05) is 0 Å². The van der Waals surface area contributed by atoms with E-state index in [1.165, 1.54) is 30.3 Å². The number of para-hydroxylation sites is 1. The first-order valence-electron chi connectivity index (χ1n) is 7.36. The van der Waals surface area contributed by atoms with Crippen LogP contribution in [-0.2, 0) is 11.0 Å². The molecule has 0 N–H and O–H groups in total. The molecule has 1 aromatic heterocycles. The van der Waals surface area contributed by atoms with Crippen molar-refractivity contribution in [3.63, 3.8) is 0 Å². The van der Waals surface area contributed by atoms with Crippen LogP contribution in [0.1, 0.15) is 5.56 Å². The van der Waals surface area contributed by atoms with Gasteiger partial charge >= 0.3 is 17.8 Å². The first-order valence-corrected chi connectivity index (χ1v) is 7.36. The fourth-order valence-corrected chi connectivity index (χ4v) is 2.21. The molecule has 134 valence electrons. The Kier molecular flexibility index (Phi) is 4.66. The van der Waals surface area contributed by atoms with Crippen LogP contribution >= 0.6 is 0 Å². The van der Waals surface area contributed by atoms with Crippen LogP contribution in [0.15, 0.2) is 63.8 Å². The van der Waals surface area contributed by atoms with E-state index in [1.54, 1.807) is 12.1 Å². The maximum absolute atomic E-state index is 12.9. The quantitative estimate of drug-likeness (QED) is 0.400. The van der Waals surface area contributed by atoms with Crippen molar-refractivity contribution in [3.05, 3.63) is 70.6 Å². The Morgan fingerprint density at radius 2 is 1.77 bits per heavy atom. The lowest BCUT2D eigenvalue weighted by Gasteiger charge is -2.12. The highest BCUT2D eigenvalue weighted by molar-refractivity contribution is 5.78. The molecule has 0 spiro atoms. The standard InChI is InChI=1S/C18H11F3O5/c19-18(20,21)13-3-1-2-4-14(13)25-17(23)10-24-12-7-5-11-6-8-16(22)26-15(11)9-12/h1-9H,10H2. The minimum Gasteiger partial charge on any atom is -0.482 e. The maximum Gasteiger partial charge on any atom is 0.419 e. The Morgan fingerprint density at radius 3 is 2.54 bits per heavy atom. The van der Waals surface area contributed by atoms with E-state index in [9.17, 15) is 22.8 Å². The summed E-state index contributed by atoms with van der Waals surface area (Å²) in [6.45, 7) is -0.616. The molecule has 0 saturated carbocycles. The molecular weight excluding hydrogens is 353 g/mol. The molecule has 0 aliphatic heterocycles. The molecule has 0 saturated heterocycles. The molecule has 0 atom stereocenters. The van der Waals surface area contributed by atoms with E-state index in [0.717, 1.165) is 12.1 Å². The maximum atomic E-state index is 12.9. The van der Waals surface area contributed by atoms with Gasteiger partial charge in [0, 0.05) is 17.5 Å². The predicted octanol–water partition coefficient (Wildman–Crippen LogP) is 3.80. The zero-order chi connectivity index (χ0) is 18.7. The van der Waals surface area contributed by atoms with Gasteiger partial charge in [0.05, 0.1) is 5.56 Å². The van der Waals surface area contributed by atoms with Gasteiger partial charge in [-0.1, -0.05) is 12.1 Å². The lowest BCUT2D eigenvalue weighted by atomic mass is 10.2. The molecule has 3 rings (SSSR count). The lowest BCUT2D eigenvalue weighted by Crippen LogP contribution is -2.19. The zero-order valence-corrected chi connectivity index (χ0v) is 13.1. The molecule has 26 heavy (non-hydrogen) atoms. The van der Waals surface area contributed by atoms with Crippen molar-refractivity contribution in [3.8, 4) is 11.5 Å². The summed E-state index contributed by atoms with van der Waals surface area (Å²) in [6.07, 6.45) is -4.65. The van der Waals surface area contributed by atoms with E-state index >= 15 is 0 Å². The summed E-state index contributed by atoms with van der Waals surface area (Å²) in [6, 6.07) is 11.7.